The number of methoxy groups -OCH3 is 1. The Morgan fingerprint density at radius 1 is 1.63 bits per heavy atom. The molecule has 1 saturated carbocycles. The van der Waals surface area contributed by atoms with Crippen molar-refractivity contribution in [3.8, 4) is 0 Å². The molecule has 0 bridgehead atoms. The van der Waals surface area contributed by atoms with Crippen LogP contribution in [0.4, 0.5) is 0 Å². The van der Waals surface area contributed by atoms with Crippen molar-refractivity contribution in [1.82, 2.24) is 15.2 Å². The lowest BCUT2D eigenvalue weighted by molar-refractivity contribution is -0.0843. The minimum Gasteiger partial charge on any atom is -0.378 e. The van der Waals surface area contributed by atoms with E-state index >= 15 is 0 Å². The van der Waals surface area contributed by atoms with E-state index in [-0.39, 0.29) is 11.6 Å². The van der Waals surface area contributed by atoms with Gasteiger partial charge in [0.05, 0.1) is 28.0 Å². The smallest absolute Gasteiger partial charge is 0.0710 e. The molecule has 0 amide bonds. The van der Waals surface area contributed by atoms with Crippen molar-refractivity contribution in [2.24, 2.45) is 5.84 Å². The van der Waals surface area contributed by atoms with Gasteiger partial charge in [0, 0.05) is 13.7 Å². The molecule has 1 aliphatic rings. The van der Waals surface area contributed by atoms with Crippen molar-refractivity contribution >= 4 is 15.9 Å². The molecule has 3 N–H and O–H groups in total. The Labute approximate surface area is 123 Å². The molecule has 5 nitrogen and oxygen atoms in total. The second-order valence-electron chi connectivity index (χ2n) is 5.26. The Morgan fingerprint density at radius 2 is 2.37 bits per heavy atom. The van der Waals surface area contributed by atoms with E-state index in [2.05, 4.69) is 33.4 Å². The van der Waals surface area contributed by atoms with Crippen molar-refractivity contribution in [2.45, 2.75) is 57.2 Å². The summed E-state index contributed by atoms with van der Waals surface area (Å²) in [5, 5.41) is 4.41. The van der Waals surface area contributed by atoms with E-state index < -0.39 is 0 Å². The maximum atomic E-state index is 5.77. The summed E-state index contributed by atoms with van der Waals surface area (Å²) in [7, 11) is 1.80. The molecule has 6 heteroatoms. The van der Waals surface area contributed by atoms with Crippen molar-refractivity contribution < 1.29 is 4.74 Å². The number of aromatic nitrogens is 2. The first-order chi connectivity index (χ1) is 9.15. The predicted octanol–water partition coefficient (Wildman–Crippen LogP) is 2.52. The first-order valence-electron chi connectivity index (χ1n) is 6.88. The Bertz CT molecular complexity index is 411. The van der Waals surface area contributed by atoms with E-state index in [9.17, 15) is 0 Å². The minimum atomic E-state index is -0.0161. The van der Waals surface area contributed by atoms with Crippen LogP contribution in [0.5, 0.6) is 0 Å². The minimum absolute atomic E-state index is 0.0161. The molecule has 1 aromatic rings. The fourth-order valence-corrected chi connectivity index (χ4v) is 3.35. The van der Waals surface area contributed by atoms with E-state index in [1.807, 2.05) is 10.9 Å². The van der Waals surface area contributed by atoms with Gasteiger partial charge in [-0.1, -0.05) is 6.92 Å². The molecular formula is C13H23BrN4O. The highest BCUT2D eigenvalue weighted by molar-refractivity contribution is 9.10. The highest BCUT2D eigenvalue weighted by Gasteiger charge is 2.40. The molecule has 2 rings (SSSR count). The largest absolute Gasteiger partial charge is 0.378 e. The van der Waals surface area contributed by atoms with Crippen LogP contribution in [0.15, 0.2) is 10.7 Å². The second kappa shape index (κ2) is 6.35. The Balaban J connectivity index is 2.19. The molecule has 0 spiro atoms. The fourth-order valence-electron chi connectivity index (χ4n) is 2.78. The van der Waals surface area contributed by atoms with Gasteiger partial charge in [0.1, 0.15) is 0 Å². The molecule has 0 aliphatic heterocycles. The van der Waals surface area contributed by atoms with Gasteiger partial charge in [0.15, 0.2) is 0 Å². The molecule has 108 valence electrons. The standard InChI is InChI=1S/C13H23BrN4O/c1-3-7-18-12(10(14)9-16-18)11(17-15)8-13(19-2)5-4-6-13/h9,11,17H,3-8,15H2,1-2H3. The number of nitrogens with one attached hydrogen (secondary N) is 1. The van der Waals surface area contributed by atoms with E-state index in [1.54, 1.807) is 7.11 Å². The van der Waals surface area contributed by atoms with Crippen molar-refractivity contribution in [3.05, 3.63) is 16.4 Å². The van der Waals surface area contributed by atoms with Crippen LogP contribution in [-0.4, -0.2) is 22.5 Å². The summed E-state index contributed by atoms with van der Waals surface area (Å²) in [6, 6.07) is 0.0590. The van der Waals surface area contributed by atoms with E-state index in [1.165, 1.54) is 6.42 Å². The van der Waals surface area contributed by atoms with Crippen LogP contribution < -0.4 is 11.3 Å². The van der Waals surface area contributed by atoms with Crippen LogP contribution in [0.25, 0.3) is 0 Å². The van der Waals surface area contributed by atoms with Gasteiger partial charge in [0.2, 0.25) is 0 Å². The number of halogens is 1. The van der Waals surface area contributed by atoms with Gasteiger partial charge in [-0.2, -0.15) is 5.10 Å². The SMILES string of the molecule is CCCn1ncc(Br)c1C(CC1(OC)CCC1)NN. The third-order valence-corrected chi connectivity index (χ3v) is 4.68. The average Bonchev–Trinajstić information content (AvgIpc) is 2.72. The van der Waals surface area contributed by atoms with E-state index in [4.69, 9.17) is 10.6 Å². The average molecular weight is 331 g/mol. The van der Waals surface area contributed by atoms with Crippen LogP contribution in [0.1, 0.15) is 50.8 Å². The maximum Gasteiger partial charge on any atom is 0.0710 e. The van der Waals surface area contributed by atoms with Gasteiger partial charge in [-0.25, -0.2) is 0 Å². The number of hydrazine groups is 1. The lowest BCUT2D eigenvalue weighted by Gasteiger charge is -2.42. The molecule has 1 atom stereocenters. The number of nitrogens with zero attached hydrogens (tertiary/aromatic N) is 2. The summed E-state index contributed by atoms with van der Waals surface area (Å²) in [6.07, 6.45) is 7.24. The Hall–Kier alpha value is -0.430. The predicted molar refractivity (Wildman–Crippen MR) is 78.5 cm³/mol. The van der Waals surface area contributed by atoms with Crippen LogP contribution in [0.2, 0.25) is 0 Å². The number of nitrogens with two attached hydrogens (primary N) is 1. The number of hydrogen-bond donors (Lipinski definition) is 2. The summed E-state index contributed by atoms with van der Waals surface area (Å²) in [6.45, 7) is 3.05. The summed E-state index contributed by atoms with van der Waals surface area (Å²) in [5.74, 6) is 5.77. The van der Waals surface area contributed by atoms with Gasteiger partial charge in [-0.05, 0) is 48.0 Å². The topological polar surface area (TPSA) is 65.1 Å². The third kappa shape index (κ3) is 3.02. The van der Waals surface area contributed by atoms with Gasteiger partial charge >= 0.3 is 0 Å². The number of hydrogen-bond acceptors (Lipinski definition) is 4. The zero-order valence-corrected chi connectivity index (χ0v) is 13.2. The lowest BCUT2D eigenvalue weighted by atomic mass is 9.75. The zero-order valence-electron chi connectivity index (χ0n) is 11.7. The van der Waals surface area contributed by atoms with Gasteiger partial charge in [-0.15, -0.1) is 0 Å². The molecular weight excluding hydrogens is 308 g/mol. The van der Waals surface area contributed by atoms with Gasteiger partial charge < -0.3 is 4.74 Å². The van der Waals surface area contributed by atoms with Crippen molar-refractivity contribution in [2.75, 3.05) is 7.11 Å². The summed E-state index contributed by atoms with van der Waals surface area (Å²) in [4.78, 5) is 0. The monoisotopic (exact) mass is 330 g/mol. The van der Waals surface area contributed by atoms with Gasteiger partial charge in [-0.3, -0.25) is 16.0 Å². The van der Waals surface area contributed by atoms with Crippen LogP contribution in [-0.2, 0) is 11.3 Å². The van der Waals surface area contributed by atoms with E-state index in [0.29, 0.717) is 0 Å². The summed E-state index contributed by atoms with van der Waals surface area (Å²) in [5.41, 5.74) is 4.03. The quantitative estimate of drug-likeness (QED) is 0.595. The fraction of sp³-hybridized carbons (Fsp3) is 0.769. The lowest BCUT2D eigenvalue weighted by Crippen LogP contribution is -2.44. The highest BCUT2D eigenvalue weighted by atomic mass is 79.9. The highest BCUT2D eigenvalue weighted by Crippen LogP contribution is 2.42. The molecule has 1 aromatic heterocycles. The summed E-state index contributed by atoms with van der Waals surface area (Å²) < 4.78 is 8.74. The molecule has 0 aromatic carbocycles. The number of ether oxygens (including phenoxy) is 1. The molecule has 1 fully saturated rings. The third-order valence-electron chi connectivity index (χ3n) is 4.07. The molecule has 1 heterocycles. The molecule has 1 aliphatic carbocycles. The van der Waals surface area contributed by atoms with Crippen molar-refractivity contribution in [3.63, 3.8) is 0 Å². The van der Waals surface area contributed by atoms with Crippen LogP contribution in [0.3, 0.4) is 0 Å². The van der Waals surface area contributed by atoms with E-state index in [0.717, 1.165) is 42.4 Å². The molecule has 0 radical (unpaired) electrons. The van der Waals surface area contributed by atoms with Crippen LogP contribution >= 0.6 is 15.9 Å². The zero-order chi connectivity index (χ0) is 13.9. The Morgan fingerprint density at radius 3 is 2.84 bits per heavy atom. The number of rotatable bonds is 7. The second-order valence-corrected chi connectivity index (χ2v) is 6.12. The number of aryl methyl sites for hydroxylation is 1. The maximum absolute atomic E-state index is 5.77. The first kappa shape index (κ1) is 15.0. The molecule has 1 unspecified atom stereocenters. The van der Waals surface area contributed by atoms with Crippen LogP contribution in [0, 0.1) is 0 Å². The van der Waals surface area contributed by atoms with Gasteiger partial charge in [0.25, 0.3) is 0 Å². The molecule has 19 heavy (non-hydrogen) atoms. The Kier molecular flexibility index (Phi) is 5.00. The summed E-state index contributed by atoms with van der Waals surface area (Å²) >= 11 is 3.58. The normalized spacial score (nSPS) is 19.2. The van der Waals surface area contributed by atoms with Crippen molar-refractivity contribution in [1.29, 1.82) is 0 Å². The first-order valence-corrected chi connectivity index (χ1v) is 7.67. The molecule has 0 saturated heterocycles.